The molecule has 0 saturated carbocycles. The maximum Gasteiger partial charge on any atom is 0.317 e. The third kappa shape index (κ3) is 5.28. The number of carbonyl (C=O) groups excluding carboxylic acids is 1. The minimum Gasteiger partial charge on any atom is -0.489 e. The number of amides is 2. The molecule has 0 aliphatic carbocycles. The average Bonchev–Trinajstić information content (AvgIpc) is 2.64. The highest BCUT2D eigenvalue weighted by Gasteiger charge is 2.13. The minimum atomic E-state index is -0.206. The summed E-state index contributed by atoms with van der Waals surface area (Å²) in [5, 5.41) is 11.9. The van der Waals surface area contributed by atoms with Crippen LogP contribution < -0.4 is 10.1 Å². The minimum absolute atomic E-state index is 0.0555. The van der Waals surface area contributed by atoms with E-state index in [1.165, 1.54) is 4.90 Å². The topological polar surface area (TPSA) is 61.8 Å². The van der Waals surface area contributed by atoms with Crippen LogP contribution in [0.25, 0.3) is 0 Å². The van der Waals surface area contributed by atoms with Gasteiger partial charge in [0.15, 0.2) is 0 Å². The van der Waals surface area contributed by atoms with Crippen LogP contribution in [-0.2, 0) is 13.2 Å². The van der Waals surface area contributed by atoms with Crippen molar-refractivity contribution in [3.63, 3.8) is 0 Å². The molecule has 5 nitrogen and oxygen atoms in total. The van der Waals surface area contributed by atoms with E-state index in [9.17, 15) is 4.79 Å². The van der Waals surface area contributed by atoms with Gasteiger partial charge < -0.3 is 20.1 Å². The zero-order valence-corrected chi connectivity index (χ0v) is 14.1. The summed E-state index contributed by atoms with van der Waals surface area (Å²) in [6, 6.07) is 17.2. The first-order valence-electron chi connectivity index (χ1n) is 7.97. The van der Waals surface area contributed by atoms with Crippen molar-refractivity contribution in [2.75, 3.05) is 13.7 Å². The lowest BCUT2D eigenvalue weighted by Gasteiger charge is -2.23. The largest absolute Gasteiger partial charge is 0.489 e. The third-order valence-electron chi connectivity index (χ3n) is 3.86. The number of likely N-dealkylation sites (N-methyl/N-ethyl adjacent to an activating group) is 1. The molecule has 0 aliphatic rings. The summed E-state index contributed by atoms with van der Waals surface area (Å²) in [6.07, 6.45) is 0. The zero-order chi connectivity index (χ0) is 17.4. The monoisotopic (exact) mass is 328 g/mol. The average molecular weight is 328 g/mol. The van der Waals surface area contributed by atoms with Crippen LogP contribution in [-0.4, -0.2) is 35.7 Å². The lowest BCUT2D eigenvalue weighted by molar-refractivity contribution is 0.157. The molecule has 2 rings (SSSR count). The molecular formula is C19H24N2O3. The maximum atomic E-state index is 11.9. The van der Waals surface area contributed by atoms with E-state index < -0.39 is 0 Å². The Balaban J connectivity index is 1.80. The van der Waals surface area contributed by atoms with Crippen LogP contribution in [0.15, 0.2) is 54.6 Å². The van der Waals surface area contributed by atoms with E-state index in [0.717, 1.165) is 16.9 Å². The number of aliphatic hydroxyl groups excluding tert-OH is 1. The van der Waals surface area contributed by atoms with Crippen LogP contribution in [0.5, 0.6) is 5.75 Å². The second-order valence-electron chi connectivity index (χ2n) is 5.72. The van der Waals surface area contributed by atoms with E-state index >= 15 is 0 Å². The lowest BCUT2D eigenvalue weighted by Crippen LogP contribution is -2.43. The van der Waals surface area contributed by atoms with Crippen LogP contribution in [0.3, 0.4) is 0 Å². The molecule has 0 aliphatic heterocycles. The number of carbonyl (C=O) groups is 1. The highest BCUT2D eigenvalue weighted by molar-refractivity contribution is 5.74. The van der Waals surface area contributed by atoms with Gasteiger partial charge in [-0.05, 0) is 30.2 Å². The number of nitrogens with zero attached hydrogens (tertiary/aromatic N) is 1. The predicted molar refractivity (Wildman–Crippen MR) is 93.8 cm³/mol. The molecule has 5 heteroatoms. The molecule has 2 aromatic carbocycles. The standard InChI is InChI=1S/C19H24N2O3/c1-15(13-22)21(2)19(23)20-12-16-8-10-17(11-9-16)14-24-18-6-4-3-5-7-18/h3-11,15,22H,12-14H2,1-2H3,(H,20,23). The molecular weight excluding hydrogens is 304 g/mol. The van der Waals surface area contributed by atoms with E-state index in [1.54, 1.807) is 14.0 Å². The summed E-state index contributed by atoms with van der Waals surface area (Å²) in [5.74, 6) is 0.842. The summed E-state index contributed by atoms with van der Waals surface area (Å²) in [7, 11) is 1.67. The Morgan fingerprint density at radius 1 is 1.12 bits per heavy atom. The molecule has 2 amide bonds. The molecule has 0 radical (unpaired) electrons. The Hall–Kier alpha value is -2.53. The molecule has 1 unspecified atom stereocenters. The van der Waals surface area contributed by atoms with Gasteiger partial charge in [0.05, 0.1) is 12.6 Å². The van der Waals surface area contributed by atoms with Crippen LogP contribution in [0, 0.1) is 0 Å². The highest BCUT2D eigenvalue weighted by Crippen LogP contribution is 2.12. The number of rotatable bonds is 7. The Morgan fingerprint density at radius 3 is 2.38 bits per heavy atom. The van der Waals surface area contributed by atoms with E-state index in [2.05, 4.69) is 5.32 Å². The Bertz CT molecular complexity index is 629. The van der Waals surface area contributed by atoms with Gasteiger partial charge in [-0.15, -0.1) is 0 Å². The number of ether oxygens (including phenoxy) is 1. The van der Waals surface area contributed by atoms with Gasteiger partial charge in [0, 0.05) is 13.6 Å². The second kappa shape index (κ2) is 8.93. The van der Waals surface area contributed by atoms with Gasteiger partial charge in [-0.3, -0.25) is 0 Å². The number of para-hydroxylation sites is 1. The molecule has 2 N–H and O–H groups in total. The second-order valence-corrected chi connectivity index (χ2v) is 5.72. The maximum absolute atomic E-state index is 11.9. The zero-order valence-electron chi connectivity index (χ0n) is 14.1. The van der Waals surface area contributed by atoms with Gasteiger partial charge >= 0.3 is 6.03 Å². The summed E-state index contributed by atoms with van der Waals surface area (Å²) < 4.78 is 5.70. The predicted octanol–water partition coefficient (Wildman–Crippen LogP) is 2.79. The van der Waals surface area contributed by atoms with E-state index in [0.29, 0.717) is 13.2 Å². The van der Waals surface area contributed by atoms with Crippen LogP contribution in [0.2, 0.25) is 0 Å². The summed E-state index contributed by atoms with van der Waals surface area (Å²) in [6.45, 7) is 2.69. The van der Waals surface area contributed by atoms with E-state index in [-0.39, 0.29) is 18.7 Å². The van der Waals surface area contributed by atoms with Crippen LogP contribution in [0.1, 0.15) is 18.1 Å². The van der Waals surface area contributed by atoms with Crippen molar-refractivity contribution in [1.82, 2.24) is 10.2 Å². The highest BCUT2D eigenvalue weighted by atomic mass is 16.5. The molecule has 2 aromatic rings. The first-order valence-corrected chi connectivity index (χ1v) is 7.97. The molecule has 0 aromatic heterocycles. The molecule has 128 valence electrons. The van der Waals surface area contributed by atoms with Crippen LogP contribution in [0.4, 0.5) is 4.79 Å². The van der Waals surface area contributed by atoms with Crippen molar-refractivity contribution in [2.45, 2.75) is 26.1 Å². The van der Waals surface area contributed by atoms with Crippen molar-refractivity contribution < 1.29 is 14.6 Å². The first-order chi connectivity index (χ1) is 11.6. The molecule has 24 heavy (non-hydrogen) atoms. The van der Waals surface area contributed by atoms with E-state index in [4.69, 9.17) is 9.84 Å². The lowest BCUT2D eigenvalue weighted by atomic mass is 10.1. The number of urea groups is 1. The smallest absolute Gasteiger partial charge is 0.317 e. The van der Waals surface area contributed by atoms with Gasteiger partial charge in [0.2, 0.25) is 0 Å². The number of hydrogen-bond acceptors (Lipinski definition) is 3. The SMILES string of the molecule is CC(CO)N(C)C(=O)NCc1ccc(COc2ccccc2)cc1. The number of nitrogens with one attached hydrogen (secondary N) is 1. The van der Waals surface area contributed by atoms with Gasteiger partial charge in [-0.2, -0.15) is 0 Å². The number of aliphatic hydroxyl groups is 1. The Kier molecular flexibility index (Phi) is 6.63. The fourth-order valence-corrected chi connectivity index (χ4v) is 2.06. The van der Waals surface area contributed by atoms with E-state index in [1.807, 2.05) is 54.6 Å². The molecule has 1 atom stereocenters. The molecule has 0 saturated heterocycles. The first kappa shape index (κ1) is 17.8. The number of benzene rings is 2. The van der Waals surface area contributed by atoms with Gasteiger partial charge in [-0.1, -0.05) is 42.5 Å². The molecule has 0 fully saturated rings. The van der Waals surface area contributed by atoms with Crippen molar-refractivity contribution in [3.05, 3.63) is 65.7 Å². The normalized spacial score (nSPS) is 11.6. The van der Waals surface area contributed by atoms with Gasteiger partial charge in [-0.25, -0.2) is 4.79 Å². The quantitative estimate of drug-likeness (QED) is 0.821. The fraction of sp³-hybridized carbons (Fsp3) is 0.316. The van der Waals surface area contributed by atoms with Crippen LogP contribution >= 0.6 is 0 Å². The number of hydrogen-bond donors (Lipinski definition) is 2. The summed E-state index contributed by atoms with van der Waals surface area (Å²) in [4.78, 5) is 13.4. The summed E-state index contributed by atoms with van der Waals surface area (Å²) in [5.41, 5.74) is 2.08. The Labute approximate surface area is 142 Å². The van der Waals surface area contributed by atoms with Crippen molar-refractivity contribution in [1.29, 1.82) is 0 Å². The van der Waals surface area contributed by atoms with Gasteiger partial charge in [0.25, 0.3) is 0 Å². The van der Waals surface area contributed by atoms with Crippen molar-refractivity contribution in [2.24, 2.45) is 0 Å². The van der Waals surface area contributed by atoms with Crippen molar-refractivity contribution >= 4 is 6.03 Å². The van der Waals surface area contributed by atoms with Crippen molar-refractivity contribution in [3.8, 4) is 5.75 Å². The molecule has 0 bridgehead atoms. The van der Waals surface area contributed by atoms with Gasteiger partial charge in [0.1, 0.15) is 12.4 Å². The molecule has 0 spiro atoms. The summed E-state index contributed by atoms with van der Waals surface area (Å²) >= 11 is 0. The third-order valence-corrected chi connectivity index (χ3v) is 3.86. The Morgan fingerprint density at radius 2 is 1.75 bits per heavy atom. The molecule has 0 heterocycles. The fourth-order valence-electron chi connectivity index (χ4n) is 2.06.